The van der Waals surface area contributed by atoms with Crippen LogP contribution in [-0.2, 0) is 9.59 Å². The van der Waals surface area contributed by atoms with E-state index >= 15 is 0 Å². The number of amides is 2. The SMILES string of the molecule is COc1cc(NC(=O)C2CCC(N)C2)ccc1N1CCCC1=O. The molecule has 1 aromatic carbocycles. The highest BCUT2D eigenvalue weighted by atomic mass is 16.5. The van der Waals surface area contributed by atoms with Crippen molar-refractivity contribution in [3.63, 3.8) is 0 Å². The summed E-state index contributed by atoms with van der Waals surface area (Å²) in [4.78, 5) is 25.9. The van der Waals surface area contributed by atoms with Crippen molar-refractivity contribution in [1.29, 1.82) is 0 Å². The first-order valence-electron chi connectivity index (χ1n) is 8.13. The molecule has 1 aliphatic heterocycles. The van der Waals surface area contributed by atoms with Crippen LogP contribution in [0.4, 0.5) is 11.4 Å². The van der Waals surface area contributed by atoms with E-state index < -0.39 is 0 Å². The van der Waals surface area contributed by atoms with Crippen molar-refractivity contribution >= 4 is 23.2 Å². The largest absolute Gasteiger partial charge is 0.494 e. The molecule has 3 rings (SSSR count). The van der Waals surface area contributed by atoms with E-state index in [0.29, 0.717) is 24.4 Å². The second-order valence-corrected chi connectivity index (χ2v) is 6.29. The molecule has 23 heavy (non-hydrogen) atoms. The highest BCUT2D eigenvalue weighted by molar-refractivity contribution is 5.98. The van der Waals surface area contributed by atoms with Gasteiger partial charge in [-0.3, -0.25) is 9.59 Å². The normalized spacial score (nSPS) is 24.1. The summed E-state index contributed by atoms with van der Waals surface area (Å²) in [7, 11) is 1.57. The number of nitrogens with zero attached hydrogens (tertiary/aromatic N) is 1. The lowest BCUT2D eigenvalue weighted by Crippen LogP contribution is -2.25. The van der Waals surface area contributed by atoms with Crippen molar-refractivity contribution in [2.75, 3.05) is 23.9 Å². The fraction of sp³-hybridized carbons (Fsp3) is 0.529. The Labute approximate surface area is 136 Å². The van der Waals surface area contributed by atoms with Crippen LogP contribution in [0.15, 0.2) is 18.2 Å². The molecule has 0 aromatic heterocycles. The molecule has 0 radical (unpaired) electrons. The number of carbonyl (C=O) groups excluding carboxylic acids is 2. The topological polar surface area (TPSA) is 84.7 Å². The van der Waals surface area contributed by atoms with Crippen LogP contribution < -0.4 is 20.7 Å². The highest BCUT2D eigenvalue weighted by Gasteiger charge is 2.28. The van der Waals surface area contributed by atoms with E-state index in [2.05, 4.69) is 5.32 Å². The first kappa shape index (κ1) is 15.8. The molecule has 2 fully saturated rings. The predicted molar refractivity (Wildman–Crippen MR) is 88.5 cm³/mol. The summed E-state index contributed by atoms with van der Waals surface area (Å²) in [6, 6.07) is 5.55. The van der Waals surface area contributed by atoms with Gasteiger partial charge in [0.25, 0.3) is 0 Å². The maximum absolute atomic E-state index is 12.3. The molecule has 1 heterocycles. The van der Waals surface area contributed by atoms with Crippen LogP contribution >= 0.6 is 0 Å². The van der Waals surface area contributed by atoms with E-state index in [1.165, 1.54) is 0 Å². The zero-order valence-corrected chi connectivity index (χ0v) is 13.4. The predicted octanol–water partition coefficient (Wildman–Crippen LogP) is 1.89. The van der Waals surface area contributed by atoms with Gasteiger partial charge in [0.15, 0.2) is 0 Å². The molecule has 2 unspecified atom stereocenters. The van der Waals surface area contributed by atoms with Gasteiger partial charge in [-0.1, -0.05) is 0 Å². The molecule has 0 bridgehead atoms. The molecule has 6 heteroatoms. The fourth-order valence-corrected chi connectivity index (χ4v) is 3.38. The van der Waals surface area contributed by atoms with Gasteiger partial charge in [-0.05, 0) is 37.8 Å². The second kappa shape index (κ2) is 6.58. The number of nitrogens with two attached hydrogens (primary N) is 1. The maximum atomic E-state index is 12.3. The minimum Gasteiger partial charge on any atom is -0.494 e. The van der Waals surface area contributed by atoms with Gasteiger partial charge >= 0.3 is 0 Å². The minimum atomic E-state index is -0.0177. The van der Waals surface area contributed by atoms with Crippen molar-refractivity contribution in [2.24, 2.45) is 11.7 Å². The van der Waals surface area contributed by atoms with E-state index in [9.17, 15) is 9.59 Å². The van der Waals surface area contributed by atoms with Crippen molar-refractivity contribution in [3.05, 3.63) is 18.2 Å². The molecule has 1 aromatic rings. The van der Waals surface area contributed by atoms with Gasteiger partial charge in [0.1, 0.15) is 5.75 Å². The van der Waals surface area contributed by atoms with Crippen LogP contribution in [-0.4, -0.2) is 31.5 Å². The average Bonchev–Trinajstić information content (AvgIpc) is 3.16. The molecule has 1 aliphatic carbocycles. The van der Waals surface area contributed by atoms with Crippen molar-refractivity contribution in [2.45, 2.75) is 38.1 Å². The summed E-state index contributed by atoms with van der Waals surface area (Å²) >= 11 is 0. The maximum Gasteiger partial charge on any atom is 0.227 e. The Morgan fingerprint density at radius 2 is 2.22 bits per heavy atom. The summed E-state index contributed by atoms with van der Waals surface area (Å²) in [5.41, 5.74) is 7.31. The number of carbonyl (C=O) groups is 2. The van der Waals surface area contributed by atoms with Gasteiger partial charge in [-0.15, -0.1) is 0 Å². The lowest BCUT2D eigenvalue weighted by atomic mass is 10.1. The lowest BCUT2D eigenvalue weighted by Gasteiger charge is -2.20. The van der Waals surface area contributed by atoms with Gasteiger partial charge in [0.2, 0.25) is 11.8 Å². The molecule has 0 spiro atoms. The second-order valence-electron chi connectivity index (χ2n) is 6.29. The Balaban J connectivity index is 1.74. The van der Waals surface area contributed by atoms with Crippen molar-refractivity contribution < 1.29 is 14.3 Å². The zero-order chi connectivity index (χ0) is 16.4. The number of hydrogen-bond donors (Lipinski definition) is 2. The molecule has 124 valence electrons. The van der Waals surface area contributed by atoms with Crippen LogP contribution in [0.25, 0.3) is 0 Å². The van der Waals surface area contributed by atoms with Gasteiger partial charge in [-0.25, -0.2) is 0 Å². The van der Waals surface area contributed by atoms with E-state index in [1.54, 1.807) is 18.1 Å². The lowest BCUT2D eigenvalue weighted by molar-refractivity contribution is -0.119. The Morgan fingerprint density at radius 1 is 1.39 bits per heavy atom. The van der Waals surface area contributed by atoms with E-state index in [1.807, 2.05) is 12.1 Å². The molecule has 1 saturated heterocycles. The molecular weight excluding hydrogens is 294 g/mol. The molecule has 6 nitrogen and oxygen atoms in total. The summed E-state index contributed by atoms with van der Waals surface area (Å²) in [6.07, 6.45) is 3.91. The van der Waals surface area contributed by atoms with Crippen LogP contribution in [0.2, 0.25) is 0 Å². The molecule has 2 aliphatic rings. The zero-order valence-electron chi connectivity index (χ0n) is 13.4. The third kappa shape index (κ3) is 3.32. The first-order chi connectivity index (χ1) is 11.1. The van der Waals surface area contributed by atoms with Crippen LogP contribution in [0.5, 0.6) is 5.75 Å². The quantitative estimate of drug-likeness (QED) is 0.888. The van der Waals surface area contributed by atoms with Gasteiger partial charge in [0.05, 0.1) is 12.8 Å². The third-order valence-electron chi connectivity index (χ3n) is 4.66. The number of benzene rings is 1. The highest BCUT2D eigenvalue weighted by Crippen LogP contribution is 2.34. The minimum absolute atomic E-state index is 0.00463. The van der Waals surface area contributed by atoms with E-state index in [4.69, 9.17) is 10.5 Å². The third-order valence-corrected chi connectivity index (χ3v) is 4.66. The van der Waals surface area contributed by atoms with Gasteiger partial charge < -0.3 is 20.7 Å². The van der Waals surface area contributed by atoms with E-state index in [-0.39, 0.29) is 23.8 Å². The molecular formula is C17H23N3O3. The Morgan fingerprint density at radius 3 is 2.83 bits per heavy atom. The Hall–Kier alpha value is -2.08. The van der Waals surface area contributed by atoms with Crippen LogP contribution in [0.1, 0.15) is 32.1 Å². The van der Waals surface area contributed by atoms with Crippen LogP contribution in [0, 0.1) is 5.92 Å². The Bertz CT molecular complexity index is 617. The number of ether oxygens (including phenoxy) is 1. The summed E-state index contributed by atoms with van der Waals surface area (Å²) in [5, 5.41) is 2.93. The first-order valence-corrected chi connectivity index (χ1v) is 8.13. The van der Waals surface area contributed by atoms with Crippen LogP contribution in [0.3, 0.4) is 0 Å². The smallest absolute Gasteiger partial charge is 0.227 e. The number of methoxy groups -OCH3 is 1. The molecule has 3 N–H and O–H groups in total. The van der Waals surface area contributed by atoms with Crippen molar-refractivity contribution in [3.8, 4) is 5.75 Å². The molecule has 2 atom stereocenters. The summed E-state index contributed by atoms with van der Waals surface area (Å²) in [5.74, 6) is 0.696. The monoisotopic (exact) mass is 317 g/mol. The average molecular weight is 317 g/mol. The molecule has 1 saturated carbocycles. The summed E-state index contributed by atoms with van der Waals surface area (Å²) < 4.78 is 5.41. The molecule has 2 amide bonds. The van der Waals surface area contributed by atoms with E-state index in [0.717, 1.165) is 31.4 Å². The van der Waals surface area contributed by atoms with Crippen molar-refractivity contribution in [1.82, 2.24) is 0 Å². The standard InChI is InChI=1S/C17H23N3O3/c1-23-15-10-13(19-17(22)11-4-5-12(18)9-11)6-7-14(15)20-8-2-3-16(20)21/h6-7,10-12H,2-5,8-9,18H2,1H3,(H,19,22). The Kier molecular flexibility index (Phi) is 4.52. The number of nitrogens with one attached hydrogen (secondary N) is 1. The fourth-order valence-electron chi connectivity index (χ4n) is 3.38. The van der Waals surface area contributed by atoms with Gasteiger partial charge in [0, 0.05) is 36.7 Å². The number of anilines is 2. The van der Waals surface area contributed by atoms with Gasteiger partial charge in [-0.2, -0.15) is 0 Å². The summed E-state index contributed by atoms with van der Waals surface area (Å²) in [6.45, 7) is 0.709. The number of rotatable bonds is 4. The number of hydrogen-bond acceptors (Lipinski definition) is 4.